The van der Waals surface area contributed by atoms with Crippen LogP contribution >= 0.6 is 0 Å². The molecule has 1 saturated carbocycles. The maximum Gasteiger partial charge on any atom is 0.158 e. The Kier molecular flexibility index (Phi) is 7.15. The Morgan fingerprint density at radius 1 is 1.22 bits per heavy atom. The number of ether oxygens (including phenoxy) is 2. The standard InChI is InChI=1S/C14H30N2O2/c1-11(2)7-8-16(12-5-6-12)13(10-15)9-14(17-3)18-4/h11-14H,5-10,15H2,1-4H3. The van der Waals surface area contributed by atoms with Gasteiger partial charge in [0.25, 0.3) is 0 Å². The molecule has 1 aliphatic carbocycles. The average molecular weight is 258 g/mol. The summed E-state index contributed by atoms with van der Waals surface area (Å²) in [5, 5.41) is 0. The van der Waals surface area contributed by atoms with Crippen molar-refractivity contribution in [1.29, 1.82) is 0 Å². The molecule has 1 fully saturated rings. The second-order valence-corrected chi connectivity index (χ2v) is 5.68. The van der Waals surface area contributed by atoms with E-state index in [1.54, 1.807) is 14.2 Å². The van der Waals surface area contributed by atoms with Crippen molar-refractivity contribution in [3.8, 4) is 0 Å². The number of hydrogen-bond acceptors (Lipinski definition) is 4. The topological polar surface area (TPSA) is 47.7 Å². The molecular formula is C14H30N2O2. The van der Waals surface area contributed by atoms with Crippen molar-refractivity contribution in [2.45, 2.75) is 57.9 Å². The normalized spacial score (nSPS) is 18.0. The zero-order valence-corrected chi connectivity index (χ0v) is 12.4. The van der Waals surface area contributed by atoms with E-state index in [0.29, 0.717) is 12.6 Å². The Morgan fingerprint density at radius 3 is 2.22 bits per heavy atom. The molecule has 0 saturated heterocycles. The minimum absolute atomic E-state index is 0.140. The van der Waals surface area contributed by atoms with Crippen LogP contribution in [0.5, 0.6) is 0 Å². The summed E-state index contributed by atoms with van der Waals surface area (Å²) in [6.45, 7) is 6.37. The highest BCUT2D eigenvalue weighted by Gasteiger charge is 2.34. The van der Waals surface area contributed by atoms with Crippen LogP contribution in [0.25, 0.3) is 0 Å². The van der Waals surface area contributed by atoms with Crippen LogP contribution in [0.3, 0.4) is 0 Å². The number of rotatable bonds is 10. The molecule has 0 aromatic carbocycles. The van der Waals surface area contributed by atoms with E-state index in [4.69, 9.17) is 15.2 Å². The molecule has 18 heavy (non-hydrogen) atoms. The summed E-state index contributed by atoms with van der Waals surface area (Å²) in [6, 6.07) is 1.12. The molecule has 1 rings (SSSR count). The first kappa shape index (κ1) is 15.9. The van der Waals surface area contributed by atoms with Crippen LogP contribution in [-0.2, 0) is 9.47 Å². The summed E-state index contributed by atoms with van der Waals surface area (Å²) >= 11 is 0. The van der Waals surface area contributed by atoms with Crippen molar-refractivity contribution in [3.05, 3.63) is 0 Å². The lowest BCUT2D eigenvalue weighted by Crippen LogP contribution is -2.45. The smallest absolute Gasteiger partial charge is 0.158 e. The number of nitrogens with zero attached hydrogens (tertiary/aromatic N) is 1. The van der Waals surface area contributed by atoms with E-state index in [1.165, 1.54) is 19.3 Å². The first-order valence-corrected chi connectivity index (χ1v) is 7.13. The third-order valence-corrected chi connectivity index (χ3v) is 3.71. The molecule has 4 nitrogen and oxygen atoms in total. The molecule has 1 atom stereocenters. The van der Waals surface area contributed by atoms with Gasteiger partial charge in [-0.3, -0.25) is 4.90 Å². The molecule has 108 valence electrons. The summed E-state index contributed by atoms with van der Waals surface area (Å²) in [5.74, 6) is 0.741. The fraction of sp³-hybridized carbons (Fsp3) is 1.00. The van der Waals surface area contributed by atoms with Crippen LogP contribution in [0.2, 0.25) is 0 Å². The molecule has 2 N–H and O–H groups in total. The Labute approximate surface area is 112 Å². The molecule has 0 bridgehead atoms. The first-order valence-electron chi connectivity index (χ1n) is 7.13. The van der Waals surface area contributed by atoms with Gasteiger partial charge in [-0.2, -0.15) is 0 Å². The van der Waals surface area contributed by atoms with Crippen LogP contribution in [-0.4, -0.2) is 50.6 Å². The van der Waals surface area contributed by atoms with Crippen LogP contribution < -0.4 is 5.73 Å². The minimum atomic E-state index is -0.140. The highest BCUT2D eigenvalue weighted by molar-refractivity contribution is 4.89. The van der Waals surface area contributed by atoms with Gasteiger partial charge in [0.2, 0.25) is 0 Å². The number of hydrogen-bond donors (Lipinski definition) is 1. The van der Waals surface area contributed by atoms with Gasteiger partial charge in [0, 0.05) is 39.3 Å². The lowest BCUT2D eigenvalue weighted by atomic mass is 10.1. The van der Waals surface area contributed by atoms with Crippen LogP contribution in [0.15, 0.2) is 0 Å². The predicted octanol–water partition coefficient (Wildman–Crippen LogP) is 1.83. The summed E-state index contributed by atoms with van der Waals surface area (Å²) in [5.41, 5.74) is 5.95. The SMILES string of the molecule is COC(CC(CN)N(CCC(C)C)C1CC1)OC. The summed E-state index contributed by atoms with van der Waals surface area (Å²) in [6.07, 6.45) is 4.59. The van der Waals surface area contributed by atoms with Crippen molar-refractivity contribution in [2.24, 2.45) is 11.7 Å². The first-order chi connectivity index (χ1) is 8.62. The summed E-state index contributed by atoms with van der Waals surface area (Å²) < 4.78 is 10.6. The molecule has 1 aliphatic rings. The predicted molar refractivity (Wildman–Crippen MR) is 74.4 cm³/mol. The zero-order chi connectivity index (χ0) is 13.5. The van der Waals surface area contributed by atoms with Crippen molar-refractivity contribution < 1.29 is 9.47 Å². The number of nitrogens with two attached hydrogens (primary N) is 1. The maximum absolute atomic E-state index is 5.95. The van der Waals surface area contributed by atoms with E-state index in [2.05, 4.69) is 18.7 Å². The van der Waals surface area contributed by atoms with E-state index >= 15 is 0 Å². The lowest BCUT2D eigenvalue weighted by molar-refractivity contribution is -0.117. The average Bonchev–Trinajstić information content (AvgIpc) is 3.17. The Bertz CT molecular complexity index is 216. The van der Waals surface area contributed by atoms with Gasteiger partial charge < -0.3 is 15.2 Å². The molecule has 1 unspecified atom stereocenters. The van der Waals surface area contributed by atoms with E-state index in [-0.39, 0.29) is 6.29 Å². The monoisotopic (exact) mass is 258 g/mol. The molecule has 0 aliphatic heterocycles. The Hall–Kier alpha value is -0.160. The highest BCUT2D eigenvalue weighted by atomic mass is 16.7. The lowest BCUT2D eigenvalue weighted by Gasteiger charge is -2.33. The third-order valence-electron chi connectivity index (χ3n) is 3.71. The van der Waals surface area contributed by atoms with Gasteiger partial charge in [0.1, 0.15) is 0 Å². The largest absolute Gasteiger partial charge is 0.356 e. The van der Waals surface area contributed by atoms with Gasteiger partial charge >= 0.3 is 0 Å². The maximum atomic E-state index is 5.95. The molecule has 0 radical (unpaired) electrons. The fourth-order valence-corrected chi connectivity index (χ4v) is 2.35. The van der Waals surface area contributed by atoms with Crippen LogP contribution in [0.1, 0.15) is 39.5 Å². The Balaban J connectivity index is 2.51. The summed E-state index contributed by atoms with van der Waals surface area (Å²) in [4.78, 5) is 2.57. The molecule has 0 aromatic heterocycles. The van der Waals surface area contributed by atoms with E-state index in [1.807, 2.05) is 0 Å². The second kappa shape index (κ2) is 8.10. The van der Waals surface area contributed by atoms with Gasteiger partial charge in [0.15, 0.2) is 6.29 Å². The minimum Gasteiger partial charge on any atom is -0.356 e. The second-order valence-electron chi connectivity index (χ2n) is 5.68. The Morgan fingerprint density at radius 2 is 1.83 bits per heavy atom. The van der Waals surface area contributed by atoms with E-state index in [9.17, 15) is 0 Å². The van der Waals surface area contributed by atoms with Crippen LogP contribution in [0.4, 0.5) is 0 Å². The zero-order valence-electron chi connectivity index (χ0n) is 12.4. The van der Waals surface area contributed by atoms with Gasteiger partial charge in [-0.25, -0.2) is 0 Å². The van der Waals surface area contributed by atoms with Gasteiger partial charge in [-0.05, 0) is 31.7 Å². The molecule has 0 aromatic rings. The van der Waals surface area contributed by atoms with Gasteiger partial charge in [-0.15, -0.1) is 0 Å². The van der Waals surface area contributed by atoms with E-state index in [0.717, 1.165) is 24.9 Å². The fourth-order valence-electron chi connectivity index (χ4n) is 2.35. The van der Waals surface area contributed by atoms with Gasteiger partial charge in [-0.1, -0.05) is 13.8 Å². The van der Waals surface area contributed by atoms with Crippen molar-refractivity contribution in [3.63, 3.8) is 0 Å². The van der Waals surface area contributed by atoms with Crippen molar-refractivity contribution in [2.75, 3.05) is 27.3 Å². The quantitative estimate of drug-likeness (QED) is 0.607. The van der Waals surface area contributed by atoms with Gasteiger partial charge in [0.05, 0.1) is 0 Å². The molecule has 0 spiro atoms. The molecular weight excluding hydrogens is 228 g/mol. The molecule has 4 heteroatoms. The molecule has 0 amide bonds. The van der Waals surface area contributed by atoms with E-state index < -0.39 is 0 Å². The third kappa shape index (κ3) is 5.22. The van der Waals surface area contributed by atoms with Crippen molar-refractivity contribution >= 4 is 0 Å². The molecule has 0 heterocycles. The summed E-state index contributed by atoms with van der Waals surface area (Å²) in [7, 11) is 3.38. The van der Waals surface area contributed by atoms with Crippen molar-refractivity contribution in [1.82, 2.24) is 4.90 Å². The highest BCUT2D eigenvalue weighted by Crippen LogP contribution is 2.30. The number of methoxy groups -OCH3 is 2. The van der Waals surface area contributed by atoms with Crippen LogP contribution in [0, 0.1) is 5.92 Å².